The first-order chi connectivity index (χ1) is 9.51. The van der Waals surface area contributed by atoms with Crippen LogP contribution < -0.4 is 0 Å². The zero-order chi connectivity index (χ0) is 14.7. The predicted octanol–water partition coefficient (Wildman–Crippen LogP) is 2.27. The standard InChI is InChI=1S/C14H23N3O3/c1-4-10-5-6-17(11(7-10)14(18)19)8-12-15-13(9(2)3)16-20-12/h9-11H,4-8H2,1-3H3,(H,18,19). The van der Waals surface area contributed by atoms with Crippen LogP contribution in [-0.4, -0.2) is 38.7 Å². The number of hydrogen-bond acceptors (Lipinski definition) is 5. The Labute approximate surface area is 119 Å². The minimum absolute atomic E-state index is 0.216. The molecule has 1 aliphatic heterocycles. The molecular formula is C14H23N3O3. The molecule has 112 valence electrons. The smallest absolute Gasteiger partial charge is 0.320 e. The molecule has 0 saturated carbocycles. The van der Waals surface area contributed by atoms with Crippen molar-refractivity contribution in [2.24, 2.45) is 5.92 Å². The molecule has 0 aromatic carbocycles. The van der Waals surface area contributed by atoms with Gasteiger partial charge in [0.2, 0.25) is 5.89 Å². The van der Waals surface area contributed by atoms with Crippen molar-refractivity contribution in [2.75, 3.05) is 6.54 Å². The van der Waals surface area contributed by atoms with Crippen molar-refractivity contribution in [3.63, 3.8) is 0 Å². The molecule has 1 saturated heterocycles. The first-order valence-corrected chi connectivity index (χ1v) is 7.30. The van der Waals surface area contributed by atoms with Gasteiger partial charge in [0.25, 0.3) is 0 Å². The normalized spacial score (nSPS) is 24.2. The van der Waals surface area contributed by atoms with E-state index < -0.39 is 12.0 Å². The number of piperidine rings is 1. The van der Waals surface area contributed by atoms with E-state index in [1.54, 1.807) is 0 Å². The second kappa shape index (κ2) is 6.35. The summed E-state index contributed by atoms with van der Waals surface area (Å²) in [5, 5.41) is 13.3. The summed E-state index contributed by atoms with van der Waals surface area (Å²) in [7, 11) is 0. The summed E-state index contributed by atoms with van der Waals surface area (Å²) < 4.78 is 5.21. The molecule has 1 N–H and O–H groups in total. The van der Waals surface area contributed by atoms with Gasteiger partial charge in [-0.2, -0.15) is 4.98 Å². The number of nitrogens with zero attached hydrogens (tertiary/aromatic N) is 3. The molecule has 20 heavy (non-hydrogen) atoms. The van der Waals surface area contributed by atoms with E-state index in [1.165, 1.54) is 0 Å². The van der Waals surface area contributed by atoms with Crippen LogP contribution in [0, 0.1) is 5.92 Å². The van der Waals surface area contributed by atoms with Gasteiger partial charge in [-0.1, -0.05) is 32.3 Å². The number of aliphatic carboxylic acids is 1. The van der Waals surface area contributed by atoms with Crippen molar-refractivity contribution in [3.05, 3.63) is 11.7 Å². The third-order valence-corrected chi connectivity index (χ3v) is 4.02. The molecule has 2 heterocycles. The summed E-state index contributed by atoms with van der Waals surface area (Å²) >= 11 is 0. The van der Waals surface area contributed by atoms with Crippen molar-refractivity contribution < 1.29 is 14.4 Å². The molecule has 6 heteroatoms. The SMILES string of the molecule is CCC1CCN(Cc2nc(C(C)C)no2)C(C(=O)O)C1. The average molecular weight is 281 g/mol. The number of aromatic nitrogens is 2. The molecule has 1 fully saturated rings. The molecule has 2 rings (SSSR count). The Balaban J connectivity index is 2.04. The van der Waals surface area contributed by atoms with Gasteiger partial charge in [-0.3, -0.25) is 9.69 Å². The van der Waals surface area contributed by atoms with Gasteiger partial charge >= 0.3 is 5.97 Å². The molecule has 2 atom stereocenters. The fourth-order valence-corrected chi connectivity index (χ4v) is 2.64. The summed E-state index contributed by atoms with van der Waals surface area (Å²) in [5.41, 5.74) is 0. The van der Waals surface area contributed by atoms with Crippen LogP contribution in [0.15, 0.2) is 4.52 Å². The highest BCUT2D eigenvalue weighted by Gasteiger charge is 2.33. The van der Waals surface area contributed by atoms with Crippen molar-refractivity contribution in [3.8, 4) is 0 Å². The highest BCUT2D eigenvalue weighted by atomic mass is 16.5. The van der Waals surface area contributed by atoms with Gasteiger partial charge < -0.3 is 9.63 Å². The summed E-state index contributed by atoms with van der Waals surface area (Å²) in [5.74, 6) is 1.15. The first-order valence-electron chi connectivity index (χ1n) is 7.30. The zero-order valence-electron chi connectivity index (χ0n) is 12.4. The fraction of sp³-hybridized carbons (Fsp3) is 0.786. The molecule has 2 unspecified atom stereocenters. The maximum Gasteiger partial charge on any atom is 0.320 e. The number of hydrogen-bond donors (Lipinski definition) is 1. The maximum absolute atomic E-state index is 11.4. The van der Waals surface area contributed by atoms with E-state index in [0.717, 1.165) is 19.4 Å². The lowest BCUT2D eigenvalue weighted by molar-refractivity contribution is -0.146. The lowest BCUT2D eigenvalue weighted by atomic mass is 9.89. The maximum atomic E-state index is 11.4. The van der Waals surface area contributed by atoms with E-state index in [1.807, 2.05) is 18.7 Å². The van der Waals surface area contributed by atoms with Gasteiger partial charge in [0, 0.05) is 5.92 Å². The Hall–Kier alpha value is -1.43. The number of carboxylic acid groups (broad SMARTS) is 1. The predicted molar refractivity (Wildman–Crippen MR) is 73.2 cm³/mol. The highest BCUT2D eigenvalue weighted by Crippen LogP contribution is 2.26. The average Bonchev–Trinajstić information content (AvgIpc) is 2.87. The van der Waals surface area contributed by atoms with Crippen LogP contribution in [0.1, 0.15) is 57.7 Å². The van der Waals surface area contributed by atoms with Gasteiger partial charge in [-0.25, -0.2) is 0 Å². The Bertz CT molecular complexity index is 458. The van der Waals surface area contributed by atoms with Crippen molar-refractivity contribution in [1.29, 1.82) is 0 Å². The molecule has 1 aliphatic rings. The molecule has 1 aromatic heterocycles. The van der Waals surface area contributed by atoms with E-state index in [9.17, 15) is 9.90 Å². The summed E-state index contributed by atoms with van der Waals surface area (Å²) in [6.45, 7) is 7.32. The minimum Gasteiger partial charge on any atom is -0.480 e. The van der Waals surface area contributed by atoms with Gasteiger partial charge in [0.05, 0.1) is 6.54 Å². The van der Waals surface area contributed by atoms with E-state index in [-0.39, 0.29) is 5.92 Å². The first kappa shape index (κ1) is 15.0. The van der Waals surface area contributed by atoms with Crippen LogP contribution in [0.25, 0.3) is 0 Å². The van der Waals surface area contributed by atoms with E-state index in [4.69, 9.17) is 4.52 Å². The quantitative estimate of drug-likeness (QED) is 0.891. The van der Waals surface area contributed by atoms with Gasteiger partial charge in [0.15, 0.2) is 5.82 Å². The molecule has 0 radical (unpaired) electrons. The van der Waals surface area contributed by atoms with Crippen molar-refractivity contribution in [2.45, 2.75) is 58.5 Å². The zero-order valence-corrected chi connectivity index (χ0v) is 12.4. The Morgan fingerprint density at radius 1 is 1.55 bits per heavy atom. The van der Waals surface area contributed by atoms with Gasteiger partial charge in [-0.15, -0.1) is 0 Å². The van der Waals surface area contributed by atoms with Crippen LogP contribution in [-0.2, 0) is 11.3 Å². The van der Waals surface area contributed by atoms with E-state index in [0.29, 0.717) is 30.6 Å². The van der Waals surface area contributed by atoms with E-state index >= 15 is 0 Å². The monoisotopic (exact) mass is 281 g/mol. The third-order valence-electron chi connectivity index (χ3n) is 4.02. The van der Waals surface area contributed by atoms with Gasteiger partial charge in [-0.05, 0) is 25.3 Å². The summed E-state index contributed by atoms with van der Waals surface area (Å²) in [6, 6.07) is -0.442. The Kier molecular flexibility index (Phi) is 4.75. The molecule has 6 nitrogen and oxygen atoms in total. The van der Waals surface area contributed by atoms with Crippen LogP contribution in [0.3, 0.4) is 0 Å². The van der Waals surface area contributed by atoms with E-state index in [2.05, 4.69) is 17.1 Å². The third kappa shape index (κ3) is 3.36. The highest BCUT2D eigenvalue weighted by molar-refractivity contribution is 5.73. The lowest BCUT2D eigenvalue weighted by Crippen LogP contribution is -2.46. The molecule has 1 aromatic rings. The summed E-state index contributed by atoms with van der Waals surface area (Å²) in [4.78, 5) is 17.7. The fourth-order valence-electron chi connectivity index (χ4n) is 2.64. The second-order valence-electron chi connectivity index (χ2n) is 5.82. The minimum atomic E-state index is -0.758. The molecule has 0 bridgehead atoms. The van der Waals surface area contributed by atoms with Crippen LogP contribution in [0.4, 0.5) is 0 Å². The largest absolute Gasteiger partial charge is 0.480 e. The number of carbonyl (C=O) groups is 1. The Morgan fingerprint density at radius 3 is 2.85 bits per heavy atom. The Morgan fingerprint density at radius 2 is 2.30 bits per heavy atom. The van der Waals surface area contributed by atoms with Crippen molar-refractivity contribution in [1.82, 2.24) is 15.0 Å². The molecule has 0 spiro atoms. The van der Waals surface area contributed by atoms with Crippen LogP contribution in [0.5, 0.6) is 0 Å². The number of carboxylic acids is 1. The summed E-state index contributed by atoms with van der Waals surface area (Å²) in [6.07, 6.45) is 2.78. The molecular weight excluding hydrogens is 258 g/mol. The number of rotatable bonds is 5. The van der Waals surface area contributed by atoms with Crippen LogP contribution in [0.2, 0.25) is 0 Å². The second-order valence-corrected chi connectivity index (χ2v) is 5.82. The number of likely N-dealkylation sites (tertiary alicyclic amines) is 1. The lowest BCUT2D eigenvalue weighted by Gasteiger charge is -2.35. The topological polar surface area (TPSA) is 79.5 Å². The molecule has 0 aliphatic carbocycles. The van der Waals surface area contributed by atoms with Crippen molar-refractivity contribution >= 4 is 5.97 Å². The van der Waals surface area contributed by atoms with Crippen LogP contribution >= 0.6 is 0 Å². The molecule has 0 amide bonds. The van der Waals surface area contributed by atoms with Gasteiger partial charge in [0.1, 0.15) is 6.04 Å².